The van der Waals surface area contributed by atoms with Gasteiger partial charge in [-0.3, -0.25) is 9.59 Å². The van der Waals surface area contributed by atoms with Crippen LogP contribution >= 0.6 is 11.6 Å². The second-order valence-electron chi connectivity index (χ2n) is 5.61. The smallest absolute Gasteiger partial charge is 0.345 e. The van der Waals surface area contributed by atoms with Gasteiger partial charge in [0.15, 0.2) is 5.17 Å². The maximum Gasteiger partial charge on any atom is 0.345 e. The average molecular weight is 380 g/mol. The maximum atomic E-state index is 12.4. The van der Waals surface area contributed by atoms with Gasteiger partial charge in [-0.2, -0.15) is 4.99 Å². The maximum absolute atomic E-state index is 12.4. The second kappa shape index (κ2) is 9.72. The Morgan fingerprint density at radius 2 is 1.58 bits per heavy atom. The van der Waals surface area contributed by atoms with Gasteiger partial charge in [0.05, 0.1) is 6.61 Å². The predicted octanol–water partition coefficient (Wildman–Crippen LogP) is 1.93. The van der Waals surface area contributed by atoms with Gasteiger partial charge < -0.3 is 14.5 Å². The highest BCUT2D eigenvalue weighted by Gasteiger charge is 2.26. The van der Waals surface area contributed by atoms with E-state index in [1.54, 1.807) is 63.1 Å². The number of benzene rings is 1. The Balaban J connectivity index is 3.35. The van der Waals surface area contributed by atoms with Crippen molar-refractivity contribution in [2.75, 3.05) is 34.8 Å². The predicted molar refractivity (Wildman–Crippen MR) is 100 cm³/mol. The second-order valence-corrected chi connectivity index (χ2v) is 5.97. The summed E-state index contributed by atoms with van der Waals surface area (Å²) in [6.07, 6.45) is 0. The fourth-order valence-electron chi connectivity index (χ4n) is 2.23. The Morgan fingerprint density at radius 3 is 2.04 bits per heavy atom. The highest BCUT2D eigenvalue weighted by molar-refractivity contribution is 6.73. The first-order valence-electron chi connectivity index (χ1n) is 7.85. The number of aliphatic imine (C=N–C) groups is 1. The third kappa shape index (κ3) is 5.42. The minimum atomic E-state index is -1.07. The lowest BCUT2D eigenvalue weighted by Crippen LogP contribution is -2.31. The Morgan fingerprint density at radius 1 is 1.04 bits per heavy atom. The van der Waals surface area contributed by atoms with Crippen molar-refractivity contribution >= 4 is 34.4 Å². The molecular weight excluding hydrogens is 358 g/mol. The van der Waals surface area contributed by atoms with Gasteiger partial charge in [-0.25, -0.2) is 4.79 Å². The fourth-order valence-corrected chi connectivity index (χ4v) is 2.47. The van der Waals surface area contributed by atoms with E-state index in [0.717, 1.165) is 0 Å². The van der Waals surface area contributed by atoms with E-state index in [1.165, 1.54) is 12.1 Å². The van der Waals surface area contributed by atoms with Crippen molar-refractivity contribution in [3.05, 3.63) is 47.3 Å². The van der Waals surface area contributed by atoms with Crippen molar-refractivity contribution in [1.29, 1.82) is 0 Å². The third-order valence-electron chi connectivity index (χ3n) is 3.19. The molecule has 0 aromatic heterocycles. The first kappa shape index (κ1) is 21.4. The SMILES string of the molecule is CCOC(=O)C(C(Cl)=NC(=O)C(=O)c1ccccc1)=C(N(C)C)N(C)C. The number of halogens is 1. The molecule has 0 radical (unpaired) electrons. The monoisotopic (exact) mass is 379 g/mol. The van der Waals surface area contributed by atoms with E-state index < -0.39 is 22.8 Å². The van der Waals surface area contributed by atoms with E-state index in [4.69, 9.17) is 16.3 Å². The molecule has 0 spiro atoms. The van der Waals surface area contributed by atoms with Gasteiger partial charge in [0.1, 0.15) is 11.4 Å². The number of nitrogens with zero attached hydrogens (tertiary/aromatic N) is 3. The van der Waals surface area contributed by atoms with Gasteiger partial charge in [0, 0.05) is 33.8 Å². The van der Waals surface area contributed by atoms with Gasteiger partial charge in [-0.05, 0) is 6.92 Å². The highest BCUT2D eigenvalue weighted by atomic mass is 35.5. The van der Waals surface area contributed by atoms with Crippen LogP contribution in [0.15, 0.2) is 46.7 Å². The molecule has 0 aliphatic carbocycles. The average Bonchev–Trinajstić information content (AvgIpc) is 2.58. The molecular formula is C18H22ClN3O4. The van der Waals surface area contributed by atoms with Crippen molar-refractivity contribution in [2.24, 2.45) is 4.99 Å². The van der Waals surface area contributed by atoms with Crippen molar-refractivity contribution in [3.8, 4) is 0 Å². The van der Waals surface area contributed by atoms with Gasteiger partial charge in [-0.15, -0.1) is 0 Å². The number of hydrogen-bond donors (Lipinski definition) is 0. The van der Waals surface area contributed by atoms with Crippen LogP contribution in [-0.2, 0) is 14.3 Å². The zero-order valence-electron chi connectivity index (χ0n) is 15.4. The molecule has 0 aliphatic rings. The lowest BCUT2D eigenvalue weighted by Gasteiger charge is -2.26. The third-order valence-corrected chi connectivity index (χ3v) is 3.46. The van der Waals surface area contributed by atoms with Gasteiger partial charge in [-0.1, -0.05) is 41.9 Å². The number of ether oxygens (including phenoxy) is 1. The molecule has 0 N–H and O–H groups in total. The van der Waals surface area contributed by atoms with E-state index in [-0.39, 0.29) is 17.7 Å². The number of carbonyl (C=O) groups is 3. The van der Waals surface area contributed by atoms with E-state index in [1.807, 2.05) is 0 Å². The first-order chi connectivity index (χ1) is 12.2. The molecule has 1 rings (SSSR count). The van der Waals surface area contributed by atoms with Gasteiger partial charge >= 0.3 is 11.9 Å². The van der Waals surface area contributed by atoms with Crippen molar-refractivity contribution in [1.82, 2.24) is 9.80 Å². The summed E-state index contributed by atoms with van der Waals surface area (Å²) in [5.41, 5.74) is 0.0885. The largest absolute Gasteiger partial charge is 0.462 e. The van der Waals surface area contributed by atoms with Crippen LogP contribution in [0.25, 0.3) is 0 Å². The van der Waals surface area contributed by atoms with Crippen LogP contribution in [0.3, 0.4) is 0 Å². The molecule has 0 unspecified atom stereocenters. The van der Waals surface area contributed by atoms with Crippen LogP contribution in [0.5, 0.6) is 0 Å². The number of hydrogen-bond acceptors (Lipinski definition) is 6. The van der Waals surface area contributed by atoms with Crippen LogP contribution in [0.2, 0.25) is 0 Å². The molecule has 8 heteroatoms. The topological polar surface area (TPSA) is 79.3 Å². The lowest BCUT2D eigenvalue weighted by molar-refractivity contribution is -0.138. The molecule has 0 fully saturated rings. The minimum Gasteiger partial charge on any atom is -0.462 e. The molecule has 0 bridgehead atoms. The molecule has 1 aromatic carbocycles. The lowest BCUT2D eigenvalue weighted by atomic mass is 10.1. The summed E-state index contributed by atoms with van der Waals surface area (Å²) >= 11 is 6.15. The fraction of sp³-hybridized carbons (Fsp3) is 0.333. The Hall–Kier alpha value is -2.67. The van der Waals surface area contributed by atoms with E-state index >= 15 is 0 Å². The Labute approximate surface area is 157 Å². The highest BCUT2D eigenvalue weighted by Crippen LogP contribution is 2.17. The van der Waals surface area contributed by atoms with Gasteiger partial charge in [0.25, 0.3) is 5.78 Å². The van der Waals surface area contributed by atoms with E-state index in [2.05, 4.69) is 4.99 Å². The van der Waals surface area contributed by atoms with Crippen LogP contribution < -0.4 is 0 Å². The summed E-state index contributed by atoms with van der Waals surface area (Å²) < 4.78 is 5.02. The molecule has 0 saturated heterocycles. The summed E-state index contributed by atoms with van der Waals surface area (Å²) in [7, 11) is 6.82. The quantitative estimate of drug-likeness (QED) is 0.237. The van der Waals surface area contributed by atoms with Gasteiger partial charge in [0.2, 0.25) is 0 Å². The van der Waals surface area contributed by atoms with Crippen LogP contribution in [-0.4, -0.2) is 67.4 Å². The number of carbonyl (C=O) groups excluding carboxylic acids is 3. The van der Waals surface area contributed by atoms with Crippen LogP contribution in [0.4, 0.5) is 0 Å². The molecule has 7 nitrogen and oxygen atoms in total. The summed E-state index contributed by atoms with van der Waals surface area (Å²) in [6.45, 7) is 1.77. The molecule has 140 valence electrons. The number of rotatable bonds is 7. The molecule has 1 amide bonds. The zero-order chi connectivity index (χ0) is 19.9. The molecule has 0 heterocycles. The molecule has 0 atom stereocenters. The Bertz CT molecular complexity index is 730. The minimum absolute atomic E-state index is 0.0993. The number of ketones is 1. The van der Waals surface area contributed by atoms with Crippen molar-refractivity contribution < 1.29 is 19.1 Å². The Kier molecular flexibility index (Phi) is 7.99. The number of esters is 1. The number of Topliss-reactive ketones (excluding diaryl/α,β-unsaturated/α-hetero) is 1. The van der Waals surface area contributed by atoms with Crippen LogP contribution in [0, 0.1) is 0 Å². The van der Waals surface area contributed by atoms with Crippen molar-refractivity contribution in [2.45, 2.75) is 6.92 Å². The van der Waals surface area contributed by atoms with Crippen molar-refractivity contribution in [3.63, 3.8) is 0 Å². The molecule has 0 saturated carbocycles. The first-order valence-corrected chi connectivity index (χ1v) is 8.22. The molecule has 26 heavy (non-hydrogen) atoms. The molecule has 1 aromatic rings. The number of amides is 1. The summed E-state index contributed by atoms with van der Waals surface area (Å²) in [5, 5.41) is -0.407. The summed E-state index contributed by atoms with van der Waals surface area (Å²) in [5.74, 6) is -2.24. The zero-order valence-corrected chi connectivity index (χ0v) is 16.2. The van der Waals surface area contributed by atoms with E-state index in [0.29, 0.717) is 5.82 Å². The normalized spacial score (nSPS) is 10.8. The summed E-state index contributed by atoms with van der Waals surface area (Å²) in [4.78, 5) is 43.6. The van der Waals surface area contributed by atoms with E-state index in [9.17, 15) is 14.4 Å². The summed E-state index contributed by atoms with van der Waals surface area (Å²) in [6, 6.07) is 7.98. The standard InChI is InChI=1S/C18H22ClN3O4/c1-6-26-18(25)13(17(21(2)3)22(4)5)15(19)20-16(24)14(23)12-10-8-7-9-11-12/h7-11H,6H2,1-5H3. The molecule has 0 aliphatic heterocycles. The van der Waals surface area contributed by atoms with Crippen LogP contribution in [0.1, 0.15) is 17.3 Å².